The van der Waals surface area contributed by atoms with Crippen molar-refractivity contribution in [1.29, 1.82) is 0 Å². The van der Waals surface area contributed by atoms with Crippen molar-refractivity contribution in [3.63, 3.8) is 0 Å². The number of hydrogen-bond donors (Lipinski definition) is 1. The maximum atomic E-state index is 12.2. The molecule has 1 heterocycles. The molecule has 8 heteroatoms. The highest BCUT2D eigenvalue weighted by atomic mass is 35.5. The lowest BCUT2D eigenvalue weighted by Gasteiger charge is -2.15. The van der Waals surface area contributed by atoms with Gasteiger partial charge in [-0.3, -0.25) is 0 Å². The normalized spacial score (nSPS) is 12.5. The summed E-state index contributed by atoms with van der Waals surface area (Å²) in [6.07, 6.45) is 1.71. The summed E-state index contributed by atoms with van der Waals surface area (Å²) in [4.78, 5) is 4.18. The second-order valence-corrected chi connectivity index (χ2v) is 5.62. The SMILES string of the molecule is CC(Nc1cc(Cl)c(OC(F)F)c(Cl)c1)c1nccs1. The Bertz CT molecular complexity index is 558. The van der Waals surface area contributed by atoms with Gasteiger partial charge in [0.25, 0.3) is 0 Å². The van der Waals surface area contributed by atoms with Gasteiger partial charge in [-0.2, -0.15) is 8.78 Å². The number of thiazole rings is 1. The Hall–Kier alpha value is -1.11. The minimum atomic E-state index is -2.97. The number of nitrogens with zero attached hydrogens (tertiary/aromatic N) is 1. The highest BCUT2D eigenvalue weighted by Crippen LogP contribution is 2.37. The van der Waals surface area contributed by atoms with Gasteiger partial charge in [0.05, 0.1) is 16.1 Å². The molecule has 0 fully saturated rings. The van der Waals surface area contributed by atoms with Gasteiger partial charge in [-0.25, -0.2) is 4.98 Å². The molecule has 2 aromatic rings. The lowest BCUT2D eigenvalue weighted by Crippen LogP contribution is -2.07. The van der Waals surface area contributed by atoms with Crippen molar-refractivity contribution in [2.45, 2.75) is 19.6 Å². The third-order valence-corrected chi connectivity index (χ3v) is 3.93. The molecule has 1 N–H and O–H groups in total. The standard InChI is InChI=1S/C12H10Cl2F2N2OS/c1-6(11-17-2-3-20-11)18-7-4-8(13)10(9(14)5-7)19-12(15)16/h2-6,12,18H,1H3. The van der Waals surface area contributed by atoms with Crippen LogP contribution in [0.15, 0.2) is 23.7 Å². The van der Waals surface area contributed by atoms with E-state index in [4.69, 9.17) is 23.2 Å². The van der Waals surface area contributed by atoms with Gasteiger partial charge >= 0.3 is 6.61 Å². The number of ether oxygens (including phenoxy) is 1. The van der Waals surface area contributed by atoms with E-state index in [-0.39, 0.29) is 21.8 Å². The van der Waals surface area contributed by atoms with Gasteiger partial charge in [-0.1, -0.05) is 23.2 Å². The first-order chi connectivity index (χ1) is 9.47. The molecule has 20 heavy (non-hydrogen) atoms. The van der Waals surface area contributed by atoms with Crippen LogP contribution in [0.3, 0.4) is 0 Å². The Morgan fingerprint density at radius 2 is 1.95 bits per heavy atom. The van der Waals surface area contributed by atoms with Crippen molar-refractivity contribution in [2.24, 2.45) is 0 Å². The van der Waals surface area contributed by atoms with Crippen LogP contribution in [-0.4, -0.2) is 11.6 Å². The Morgan fingerprint density at radius 1 is 1.30 bits per heavy atom. The van der Waals surface area contributed by atoms with E-state index in [0.29, 0.717) is 5.69 Å². The Balaban J connectivity index is 2.18. The number of aromatic nitrogens is 1. The summed E-state index contributed by atoms with van der Waals surface area (Å²) in [5, 5.41) is 5.94. The topological polar surface area (TPSA) is 34.1 Å². The van der Waals surface area contributed by atoms with Crippen molar-refractivity contribution >= 4 is 40.2 Å². The van der Waals surface area contributed by atoms with Gasteiger partial charge in [-0.15, -0.1) is 11.3 Å². The zero-order valence-electron chi connectivity index (χ0n) is 10.2. The maximum Gasteiger partial charge on any atom is 0.387 e. The smallest absolute Gasteiger partial charge is 0.387 e. The number of hydrogen-bond acceptors (Lipinski definition) is 4. The number of alkyl halides is 2. The van der Waals surface area contributed by atoms with Crippen molar-refractivity contribution in [3.05, 3.63) is 38.8 Å². The number of rotatable bonds is 5. The molecule has 0 radical (unpaired) electrons. The predicted octanol–water partition coefficient (Wildman–Crippen LogP) is 5.22. The van der Waals surface area contributed by atoms with Crippen LogP contribution in [0.5, 0.6) is 5.75 Å². The largest absolute Gasteiger partial charge is 0.432 e. The fraction of sp³-hybridized carbons (Fsp3) is 0.250. The van der Waals surface area contributed by atoms with Crippen LogP contribution < -0.4 is 10.1 Å². The fourth-order valence-corrected chi connectivity index (χ4v) is 2.83. The number of nitrogens with one attached hydrogen (secondary N) is 1. The first-order valence-electron chi connectivity index (χ1n) is 5.57. The second-order valence-electron chi connectivity index (χ2n) is 3.88. The summed E-state index contributed by atoms with van der Waals surface area (Å²) < 4.78 is 28.7. The maximum absolute atomic E-state index is 12.2. The molecule has 0 saturated carbocycles. The van der Waals surface area contributed by atoms with Crippen LogP contribution in [-0.2, 0) is 0 Å². The van der Waals surface area contributed by atoms with E-state index in [1.165, 1.54) is 23.5 Å². The molecule has 1 unspecified atom stereocenters. The average molecular weight is 339 g/mol. The van der Waals surface area contributed by atoms with E-state index >= 15 is 0 Å². The predicted molar refractivity (Wildman–Crippen MR) is 77.2 cm³/mol. The highest BCUT2D eigenvalue weighted by Gasteiger charge is 2.15. The van der Waals surface area contributed by atoms with Gasteiger partial charge in [0.2, 0.25) is 0 Å². The van der Waals surface area contributed by atoms with Crippen LogP contribution in [0, 0.1) is 0 Å². The molecule has 0 saturated heterocycles. The van der Waals surface area contributed by atoms with Crippen molar-refractivity contribution < 1.29 is 13.5 Å². The van der Waals surface area contributed by atoms with Crippen molar-refractivity contribution in [3.8, 4) is 5.75 Å². The van der Waals surface area contributed by atoms with Crippen molar-refractivity contribution in [2.75, 3.05) is 5.32 Å². The average Bonchev–Trinajstić information content (AvgIpc) is 2.87. The summed E-state index contributed by atoms with van der Waals surface area (Å²) in [6.45, 7) is -1.05. The summed E-state index contributed by atoms with van der Waals surface area (Å²) in [6, 6.07) is 2.91. The molecule has 0 spiro atoms. The molecule has 1 aromatic heterocycles. The second kappa shape index (κ2) is 6.56. The van der Waals surface area contributed by atoms with Crippen LogP contribution in [0.1, 0.15) is 18.0 Å². The van der Waals surface area contributed by atoms with Gasteiger partial charge in [-0.05, 0) is 19.1 Å². The molecule has 0 aliphatic carbocycles. The lowest BCUT2D eigenvalue weighted by atomic mass is 10.2. The Labute approximate surface area is 128 Å². The molecule has 1 atom stereocenters. The zero-order chi connectivity index (χ0) is 14.7. The quantitative estimate of drug-likeness (QED) is 0.810. The third-order valence-electron chi connectivity index (χ3n) is 2.41. The van der Waals surface area contributed by atoms with E-state index in [1.54, 1.807) is 6.20 Å². The molecular formula is C12H10Cl2F2N2OS. The van der Waals surface area contributed by atoms with Gasteiger partial charge in [0.15, 0.2) is 5.75 Å². The molecule has 1 aromatic carbocycles. The summed E-state index contributed by atoms with van der Waals surface area (Å²) in [5.74, 6) is -0.226. The van der Waals surface area contributed by atoms with Crippen LogP contribution >= 0.6 is 34.5 Å². The molecule has 3 nitrogen and oxygen atoms in total. The summed E-state index contributed by atoms with van der Waals surface area (Å²) in [7, 11) is 0. The van der Waals surface area contributed by atoms with Gasteiger partial charge in [0.1, 0.15) is 5.01 Å². The first kappa shape index (κ1) is 15.3. The minimum absolute atomic E-state index is 0.0200. The van der Waals surface area contributed by atoms with E-state index in [9.17, 15) is 8.78 Å². The summed E-state index contributed by atoms with van der Waals surface area (Å²) in [5.41, 5.74) is 0.601. The van der Waals surface area contributed by atoms with E-state index < -0.39 is 6.61 Å². The van der Waals surface area contributed by atoms with Crippen LogP contribution in [0.25, 0.3) is 0 Å². The van der Waals surface area contributed by atoms with Crippen molar-refractivity contribution in [1.82, 2.24) is 4.98 Å². The monoisotopic (exact) mass is 338 g/mol. The molecule has 2 rings (SSSR count). The third kappa shape index (κ3) is 3.71. The molecule has 108 valence electrons. The molecular weight excluding hydrogens is 329 g/mol. The van der Waals surface area contributed by atoms with E-state index in [2.05, 4.69) is 15.0 Å². The van der Waals surface area contributed by atoms with Gasteiger partial charge < -0.3 is 10.1 Å². The zero-order valence-corrected chi connectivity index (χ0v) is 12.6. The van der Waals surface area contributed by atoms with Crippen LogP contribution in [0.4, 0.5) is 14.5 Å². The molecule has 0 aliphatic heterocycles. The summed E-state index contributed by atoms with van der Waals surface area (Å²) >= 11 is 13.3. The molecule has 0 amide bonds. The Kier molecular flexibility index (Phi) is 5.01. The first-order valence-corrected chi connectivity index (χ1v) is 7.20. The minimum Gasteiger partial charge on any atom is -0.432 e. The fourth-order valence-electron chi connectivity index (χ4n) is 1.60. The molecule has 0 aliphatic rings. The van der Waals surface area contributed by atoms with Gasteiger partial charge in [0, 0.05) is 17.3 Å². The molecule has 0 bridgehead atoms. The van der Waals surface area contributed by atoms with E-state index in [0.717, 1.165) is 5.01 Å². The number of halogens is 4. The van der Waals surface area contributed by atoms with E-state index in [1.807, 2.05) is 12.3 Å². The van der Waals surface area contributed by atoms with Crippen LogP contribution in [0.2, 0.25) is 10.0 Å². The lowest BCUT2D eigenvalue weighted by molar-refractivity contribution is -0.0497. The highest BCUT2D eigenvalue weighted by molar-refractivity contribution is 7.09. The Morgan fingerprint density at radius 3 is 2.45 bits per heavy atom. The number of benzene rings is 1. The number of anilines is 1.